The molecule has 0 amide bonds. The summed E-state index contributed by atoms with van der Waals surface area (Å²) in [7, 11) is 0. The maximum atomic E-state index is 4.47. The quantitative estimate of drug-likeness (QED) is 0.665. The van der Waals surface area contributed by atoms with Gasteiger partial charge < -0.3 is 4.57 Å². The normalized spacial score (nSPS) is 14.9. The van der Waals surface area contributed by atoms with E-state index in [0.717, 1.165) is 6.54 Å². The molecule has 0 saturated carbocycles. The number of hydrogen-bond donors (Lipinski definition) is 0. The van der Waals surface area contributed by atoms with Gasteiger partial charge in [0.1, 0.15) is 5.65 Å². The molecule has 14 heavy (non-hydrogen) atoms. The van der Waals surface area contributed by atoms with Crippen molar-refractivity contribution in [2.45, 2.75) is 24.3 Å². The summed E-state index contributed by atoms with van der Waals surface area (Å²) in [4.78, 5) is 5.91. The molecule has 0 unspecified atom stereocenters. The van der Waals surface area contributed by atoms with Gasteiger partial charge in [0.15, 0.2) is 0 Å². The van der Waals surface area contributed by atoms with Crippen molar-refractivity contribution in [2.75, 3.05) is 6.26 Å². The molecule has 3 rings (SSSR count). The molecule has 3 heteroatoms. The number of pyridine rings is 1. The fourth-order valence-electron chi connectivity index (χ4n) is 2.32. The highest BCUT2D eigenvalue weighted by Crippen LogP contribution is 2.35. The van der Waals surface area contributed by atoms with Gasteiger partial charge in [-0.1, -0.05) is 0 Å². The lowest BCUT2D eigenvalue weighted by atomic mass is 10.2. The van der Waals surface area contributed by atoms with E-state index in [0.29, 0.717) is 0 Å². The summed E-state index contributed by atoms with van der Waals surface area (Å²) in [6.45, 7) is 1.14. The smallest absolute Gasteiger partial charge is 0.141 e. The molecule has 0 aliphatic carbocycles. The van der Waals surface area contributed by atoms with Gasteiger partial charge in [-0.3, -0.25) is 0 Å². The average molecular weight is 204 g/mol. The van der Waals surface area contributed by atoms with Gasteiger partial charge in [0.25, 0.3) is 0 Å². The second-order valence-corrected chi connectivity index (χ2v) is 4.43. The molecular formula is C11H12N2S. The highest BCUT2D eigenvalue weighted by molar-refractivity contribution is 7.98. The first kappa shape index (κ1) is 8.36. The summed E-state index contributed by atoms with van der Waals surface area (Å²) in [5, 5.41) is 1.33. The molecule has 1 aliphatic heterocycles. The van der Waals surface area contributed by atoms with E-state index in [9.17, 15) is 0 Å². The number of aryl methyl sites for hydroxylation is 1. The van der Waals surface area contributed by atoms with E-state index in [-0.39, 0.29) is 0 Å². The molecule has 0 aromatic carbocycles. The van der Waals surface area contributed by atoms with Gasteiger partial charge in [0.05, 0.1) is 0 Å². The molecule has 2 aromatic rings. The van der Waals surface area contributed by atoms with Crippen LogP contribution in [0.5, 0.6) is 0 Å². The molecule has 0 spiro atoms. The summed E-state index contributed by atoms with van der Waals surface area (Å²) in [6, 6.07) is 4.21. The first-order valence-corrected chi connectivity index (χ1v) is 6.14. The fraction of sp³-hybridized carbons (Fsp3) is 0.364. The molecule has 2 nitrogen and oxygen atoms in total. The van der Waals surface area contributed by atoms with Crippen LogP contribution in [-0.4, -0.2) is 15.8 Å². The Morgan fingerprint density at radius 3 is 3.29 bits per heavy atom. The lowest BCUT2D eigenvalue weighted by molar-refractivity contribution is 0.765. The van der Waals surface area contributed by atoms with Gasteiger partial charge in [0.2, 0.25) is 0 Å². The molecule has 0 bridgehead atoms. The van der Waals surface area contributed by atoms with Crippen molar-refractivity contribution < 1.29 is 0 Å². The minimum atomic E-state index is 1.14. The van der Waals surface area contributed by atoms with Crippen molar-refractivity contribution in [3.8, 4) is 0 Å². The zero-order chi connectivity index (χ0) is 9.54. The minimum absolute atomic E-state index is 1.14. The van der Waals surface area contributed by atoms with Gasteiger partial charge in [-0.15, -0.1) is 11.8 Å². The molecule has 0 N–H and O–H groups in total. The van der Waals surface area contributed by atoms with Crippen LogP contribution >= 0.6 is 11.8 Å². The van der Waals surface area contributed by atoms with Crippen LogP contribution in [0.15, 0.2) is 23.2 Å². The van der Waals surface area contributed by atoms with Crippen LogP contribution in [0.1, 0.15) is 12.1 Å². The Balaban J connectivity index is 2.43. The van der Waals surface area contributed by atoms with Crippen molar-refractivity contribution in [1.29, 1.82) is 0 Å². The van der Waals surface area contributed by atoms with E-state index in [4.69, 9.17) is 0 Å². The van der Waals surface area contributed by atoms with Crippen LogP contribution in [-0.2, 0) is 13.0 Å². The highest BCUT2D eigenvalue weighted by Gasteiger charge is 2.20. The summed E-state index contributed by atoms with van der Waals surface area (Å²) in [6.07, 6.45) is 6.53. The molecule has 0 saturated heterocycles. The Morgan fingerprint density at radius 1 is 1.50 bits per heavy atom. The van der Waals surface area contributed by atoms with Crippen molar-refractivity contribution in [3.05, 3.63) is 24.0 Å². The molecule has 0 radical (unpaired) electrons. The maximum Gasteiger partial charge on any atom is 0.141 e. The van der Waals surface area contributed by atoms with Crippen LogP contribution in [0.2, 0.25) is 0 Å². The highest BCUT2D eigenvalue weighted by atomic mass is 32.2. The summed E-state index contributed by atoms with van der Waals surface area (Å²) in [5.41, 5.74) is 2.66. The first-order chi connectivity index (χ1) is 6.92. The monoisotopic (exact) mass is 204 g/mol. The Morgan fingerprint density at radius 2 is 2.43 bits per heavy atom. The summed E-state index contributed by atoms with van der Waals surface area (Å²) >= 11 is 1.85. The number of nitrogens with zero attached hydrogens (tertiary/aromatic N) is 2. The van der Waals surface area contributed by atoms with Gasteiger partial charge in [-0.05, 0) is 31.2 Å². The Labute approximate surface area is 87.3 Å². The lowest BCUT2D eigenvalue weighted by Crippen LogP contribution is -1.92. The SMILES string of the molecule is CSc1c2n(c3ncccc13)CCC2. The van der Waals surface area contributed by atoms with Crippen molar-refractivity contribution in [3.63, 3.8) is 0 Å². The van der Waals surface area contributed by atoms with E-state index in [1.54, 1.807) is 0 Å². The van der Waals surface area contributed by atoms with Crippen LogP contribution in [0, 0.1) is 0 Å². The maximum absolute atomic E-state index is 4.47. The van der Waals surface area contributed by atoms with Gasteiger partial charge >= 0.3 is 0 Å². The lowest BCUT2D eigenvalue weighted by Gasteiger charge is -1.96. The first-order valence-electron chi connectivity index (χ1n) is 4.92. The number of hydrogen-bond acceptors (Lipinski definition) is 2. The summed E-state index contributed by atoms with van der Waals surface area (Å²) < 4.78 is 2.38. The van der Waals surface area contributed by atoms with Crippen LogP contribution in [0.4, 0.5) is 0 Å². The standard InChI is InChI=1S/C11H12N2S/c1-14-10-8-4-2-6-12-11(8)13-7-3-5-9(10)13/h2,4,6H,3,5,7H2,1H3. The second kappa shape index (κ2) is 3.02. The largest absolute Gasteiger partial charge is 0.328 e. The Hall–Kier alpha value is -0.960. The molecule has 3 heterocycles. The van der Waals surface area contributed by atoms with E-state index < -0.39 is 0 Å². The Kier molecular flexibility index (Phi) is 1.80. The average Bonchev–Trinajstić information content (AvgIpc) is 2.77. The third-order valence-electron chi connectivity index (χ3n) is 2.87. The third-order valence-corrected chi connectivity index (χ3v) is 3.74. The van der Waals surface area contributed by atoms with Crippen molar-refractivity contribution in [1.82, 2.24) is 9.55 Å². The third kappa shape index (κ3) is 0.960. The van der Waals surface area contributed by atoms with Crippen LogP contribution < -0.4 is 0 Å². The molecule has 72 valence electrons. The van der Waals surface area contributed by atoms with Crippen molar-refractivity contribution >= 4 is 22.8 Å². The number of aromatic nitrogens is 2. The molecule has 1 aliphatic rings. The van der Waals surface area contributed by atoms with Crippen molar-refractivity contribution in [2.24, 2.45) is 0 Å². The van der Waals surface area contributed by atoms with E-state index in [1.165, 1.54) is 34.5 Å². The molecule has 0 atom stereocenters. The minimum Gasteiger partial charge on any atom is -0.328 e. The van der Waals surface area contributed by atoms with Gasteiger partial charge in [-0.25, -0.2) is 4.98 Å². The predicted molar refractivity (Wildman–Crippen MR) is 59.8 cm³/mol. The predicted octanol–water partition coefficient (Wildman–Crippen LogP) is 2.70. The topological polar surface area (TPSA) is 17.8 Å². The van der Waals surface area contributed by atoms with Crippen LogP contribution in [0.25, 0.3) is 11.0 Å². The second-order valence-electron chi connectivity index (χ2n) is 3.61. The van der Waals surface area contributed by atoms with E-state index in [1.807, 2.05) is 24.0 Å². The van der Waals surface area contributed by atoms with E-state index >= 15 is 0 Å². The van der Waals surface area contributed by atoms with E-state index in [2.05, 4.69) is 21.9 Å². The summed E-state index contributed by atoms with van der Waals surface area (Å²) in [5.74, 6) is 0. The Bertz CT molecular complexity index is 472. The fourth-order valence-corrected chi connectivity index (χ4v) is 3.14. The zero-order valence-electron chi connectivity index (χ0n) is 8.16. The van der Waals surface area contributed by atoms with Crippen LogP contribution in [0.3, 0.4) is 0 Å². The number of rotatable bonds is 1. The molecular weight excluding hydrogens is 192 g/mol. The zero-order valence-corrected chi connectivity index (χ0v) is 8.97. The number of fused-ring (bicyclic) bond motifs is 3. The molecule has 2 aromatic heterocycles. The molecule has 0 fully saturated rings. The van der Waals surface area contributed by atoms with Gasteiger partial charge in [0, 0.05) is 28.7 Å². The van der Waals surface area contributed by atoms with Gasteiger partial charge in [-0.2, -0.15) is 0 Å². The number of thioether (sulfide) groups is 1.